The summed E-state index contributed by atoms with van der Waals surface area (Å²) in [7, 11) is 1.56. The van der Waals surface area contributed by atoms with Gasteiger partial charge in [-0.1, -0.05) is 22.0 Å². The van der Waals surface area contributed by atoms with Crippen LogP contribution in [0.2, 0.25) is 0 Å². The molecule has 0 spiro atoms. The first-order chi connectivity index (χ1) is 9.41. The van der Waals surface area contributed by atoms with E-state index in [1.165, 1.54) is 0 Å². The van der Waals surface area contributed by atoms with Crippen molar-refractivity contribution in [1.29, 1.82) is 0 Å². The minimum atomic E-state index is -0.604. The Morgan fingerprint density at radius 1 is 1.50 bits per heavy atom. The topological polar surface area (TPSA) is 70.6 Å². The number of hydrogen-bond acceptors (Lipinski definition) is 3. The maximum absolute atomic E-state index is 12.1. The first-order valence-corrected chi connectivity index (χ1v) is 7.15. The van der Waals surface area contributed by atoms with Crippen LogP contribution in [0, 0.1) is 6.92 Å². The van der Waals surface area contributed by atoms with Crippen LogP contribution in [0.5, 0.6) is 0 Å². The van der Waals surface area contributed by atoms with Crippen molar-refractivity contribution < 1.29 is 14.6 Å². The summed E-state index contributed by atoms with van der Waals surface area (Å²) in [5, 5.41) is 14.7. The van der Waals surface area contributed by atoms with Crippen molar-refractivity contribution in [3.8, 4) is 0 Å². The van der Waals surface area contributed by atoms with Gasteiger partial charge < -0.3 is 20.5 Å². The van der Waals surface area contributed by atoms with E-state index in [2.05, 4.69) is 26.6 Å². The maximum atomic E-state index is 12.1. The van der Waals surface area contributed by atoms with Crippen molar-refractivity contribution in [3.05, 3.63) is 28.2 Å². The molecule has 112 valence electrons. The predicted molar refractivity (Wildman–Crippen MR) is 83.0 cm³/mol. The molecule has 0 aliphatic heterocycles. The molecule has 0 heterocycles. The van der Waals surface area contributed by atoms with E-state index in [1.807, 2.05) is 32.0 Å². The number of aliphatic hydroxyl groups is 1. The van der Waals surface area contributed by atoms with Gasteiger partial charge in [-0.05, 0) is 38.0 Å². The summed E-state index contributed by atoms with van der Waals surface area (Å²) in [6, 6.07) is 5.28. The number of nitrogens with one attached hydrogen (secondary N) is 2. The van der Waals surface area contributed by atoms with E-state index in [1.54, 1.807) is 7.11 Å². The fourth-order valence-corrected chi connectivity index (χ4v) is 2.27. The van der Waals surface area contributed by atoms with E-state index in [0.29, 0.717) is 13.0 Å². The number of urea groups is 1. The number of amides is 2. The highest BCUT2D eigenvalue weighted by Gasteiger charge is 2.26. The lowest BCUT2D eigenvalue weighted by atomic mass is 10.00. The molecular formula is C14H21BrN2O3. The van der Waals surface area contributed by atoms with Crippen LogP contribution in [0.3, 0.4) is 0 Å². The van der Waals surface area contributed by atoms with E-state index in [-0.39, 0.29) is 12.6 Å². The Balaban J connectivity index is 2.73. The molecule has 5 nitrogen and oxygen atoms in total. The summed E-state index contributed by atoms with van der Waals surface area (Å²) in [5.41, 5.74) is 1.09. The molecule has 3 N–H and O–H groups in total. The van der Waals surface area contributed by atoms with Gasteiger partial charge in [0.05, 0.1) is 12.1 Å². The highest BCUT2D eigenvalue weighted by molar-refractivity contribution is 9.10. The van der Waals surface area contributed by atoms with Crippen LogP contribution in [0.25, 0.3) is 0 Å². The van der Waals surface area contributed by atoms with Gasteiger partial charge in [0.2, 0.25) is 0 Å². The minimum Gasteiger partial charge on any atom is -0.396 e. The van der Waals surface area contributed by atoms with Crippen LogP contribution in [0.15, 0.2) is 22.7 Å². The number of hydrogen-bond donors (Lipinski definition) is 3. The summed E-state index contributed by atoms with van der Waals surface area (Å²) in [6.45, 7) is 4.07. The van der Waals surface area contributed by atoms with Gasteiger partial charge in [0.1, 0.15) is 0 Å². The summed E-state index contributed by atoms with van der Waals surface area (Å²) in [4.78, 5) is 12.1. The SMILES string of the molecule is COC[C@@](C)(CCO)NC(=O)Nc1cccc(Br)c1C. The Morgan fingerprint density at radius 3 is 2.80 bits per heavy atom. The van der Waals surface area contributed by atoms with Crippen LogP contribution in [-0.2, 0) is 4.74 Å². The van der Waals surface area contributed by atoms with Crippen molar-refractivity contribution in [2.24, 2.45) is 0 Å². The largest absolute Gasteiger partial charge is 0.396 e. The number of rotatable bonds is 6. The number of benzene rings is 1. The Kier molecular flexibility index (Phi) is 6.45. The van der Waals surface area contributed by atoms with Gasteiger partial charge in [0, 0.05) is 23.9 Å². The van der Waals surface area contributed by atoms with Gasteiger partial charge in [-0.3, -0.25) is 0 Å². The molecular weight excluding hydrogens is 324 g/mol. The molecule has 2 amide bonds. The van der Waals surface area contributed by atoms with Crippen molar-refractivity contribution in [3.63, 3.8) is 0 Å². The third-order valence-electron chi connectivity index (χ3n) is 3.06. The van der Waals surface area contributed by atoms with Crippen molar-refractivity contribution in [1.82, 2.24) is 5.32 Å². The van der Waals surface area contributed by atoms with E-state index < -0.39 is 5.54 Å². The number of aliphatic hydroxyl groups excluding tert-OH is 1. The van der Waals surface area contributed by atoms with Gasteiger partial charge in [-0.15, -0.1) is 0 Å². The van der Waals surface area contributed by atoms with Gasteiger partial charge in [0.25, 0.3) is 0 Å². The van der Waals surface area contributed by atoms with Crippen LogP contribution in [0.1, 0.15) is 18.9 Å². The molecule has 0 saturated heterocycles. The van der Waals surface area contributed by atoms with E-state index in [0.717, 1.165) is 15.7 Å². The number of methoxy groups -OCH3 is 1. The fourth-order valence-electron chi connectivity index (χ4n) is 1.91. The Morgan fingerprint density at radius 2 is 2.20 bits per heavy atom. The van der Waals surface area contributed by atoms with Crippen molar-refractivity contribution in [2.75, 3.05) is 25.6 Å². The lowest BCUT2D eigenvalue weighted by molar-refractivity contribution is 0.104. The molecule has 0 aliphatic carbocycles. The Labute approximate surface area is 127 Å². The van der Waals surface area contributed by atoms with Gasteiger partial charge in [-0.2, -0.15) is 0 Å². The number of carbonyl (C=O) groups is 1. The van der Waals surface area contributed by atoms with Crippen LogP contribution in [0.4, 0.5) is 10.5 Å². The van der Waals surface area contributed by atoms with E-state index in [4.69, 9.17) is 9.84 Å². The van der Waals surface area contributed by atoms with E-state index >= 15 is 0 Å². The van der Waals surface area contributed by atoms with E-state index in [9.17, 15) is 4.79 Å². The molecule has 0 aromatic heterocycles. The van der Waals surface area contributed by atoms with Crippen LogP contribution < -0.4 is 10.6 Å². The molecule has 6 heteroatoms. The zero-order chi connectivity index (χ0) is 15.2. The van der Waals surface area contributed by atoms with Crippen LogP contribution >= 0.6 is 15.9 Å². The standard InChI is InChI=1S/C14H21BrN2O3/c1-10-11(15)5-4-6-12(10)16-13(19)17-14(2,7-8-18)9-20-3/h4-6,18H,7-9H2,1-3H3,(H2,16,17,19)/t14-/m1/s1. The molecule has 1 aromatic carbocycles. The zero-order valence-corrected chi connectivity index (χ0v) is 13.6. The minimum absolute atomic E-state index is 0.0178. The quantitative estimate of drug-likeness (QED) is 0.742. The molecule has 1 rings (SSSR count). The van der Waals surface area contributed by atoms with Crippen molar-refractivity contribution >= 4 is 27.6 Å². The summed E-state index contributed by atoms with van der Waals surface area (Å²) in [5.74, 6) is 0. The van der Waals surface area contributed by atoms with Crippen molar-refractivity contribution in [2.45, 2.75) is 25.8 Å². The molecule has 0 fully saturated rings. The molecule has 1 aromatic rings. The lowest BCUT2D eigenvalue weighted by Gasteiger charge is -2.29. The molecule has 0 aliphatic rings. The summed E-state index contributed by atoms with van der Waals surface area (Å²) < 4.78 is 6.03. The number of halogens is 1. The lowest BCUT2D eigenvalue weighted by Crippen LogP contribution is -2.51. The maximum Gasteiger partial charge on any atom is 0.319 e. The number of carbonyl (C=O) groups excluding carboxylic acids is 1. The second-order valence-electron chi connectivity index (χ2n) is 4.96. The Bertz CT molecular complexity index is 460. The van der Waals surface area contributed by atoms with Gasteiger partial charge >= 0.3 is 6.03 Å². The first kappa shape index (κ1) is 16.9. The van der Waals surface area contributed by atoms with Gasteiger partial charge in [-0.25, -0.2) is 4.79 Å². The average molecular weight is 345 g/mol. The summed E-state index contributed by atoms with van der Waals surface area (Å²) in [6.07, 6.45) is 0.422. The predicted octanol–water partition coefficient (Wildman–Crippen LogP) is 2.67. The number of anilines is 1. The van der Waals surface area contributed by atoms with Crippen LogP contribution in [-0.4, -0.2) is 37.0 Å². The normalized spacial score (nSPS) is 13.7. The zero-order valence-electron chi connectivity index (χ0n) is 12.0. The Hall–Kier alpha value is -1.11. The monoisotopic (exact) mass is 344 g/mol. The number of ether oxygens (including phenoxy) is 1. The van der Waals surface area contributed by atoms with Gasteiger partial charge in [0.15, 0.2) is 0 Å². The molecule has 0 radical (unpaired) electrons. The highest BCUT2D eigenvalue weighted by Crippen LogP contribution is 2.23. The smallest absolute Gasteiger partial charge is 0.319 e. The fraction of sp³-hybridized carbons (Fsp3) is 0.500. The molecule has 20 heavy (non-hydrogen) atoms. The average Bonchev–Trinajstić information content (AvgIpc) is 2.35. The second kappa shape index (κ2) is 7.61. The first-order valence-electron chi connectivity index (χ1n) is 6.36. The summed E-state index contributed by atoms with van der Waals surface area (Å²) >= 11 is 3.42. The molecule has 0 bridgehead atoms. The molecule has 1 atom stereocenters. The third kappa shape index (κ3) is 4.77. The molecule has 0 saturated carbocycles. The third-order valence-corrected chi connectivity index (χ3v) is 3.92. The highest BCUT2D eigenvalue weighted by atomic mass is 79.9. The second-order valence-corrected chi connectivity index (χ2v) is 5.81. The molecule has 0 unspecified atom stereocenters.